The van der Waals surface area contributed by atoms with E-state index in [-0.39, 0.29) is 23.4 Å². The normalized spacial score (nSPS) is 12.9. The summed E-state index contributed by atoms with van der Waals surface area (Å²) in [7, 11) is -4.10. The number of sulfonamides is 1. The summed E-state index contributed by atoms with van der Waals surface area (Å²) in [4.78, 5) is 28.5. The van der Waals surface area contributed by atoms with Crippen molar-refractivity contribution in [3.8, 4) is 0 Å². The number of carbonyl (C=O) groups excluding carboxylic acids is 2. The van der Waals surface area contributed by atoms with Crippen LogP contribution in [0.15, 0.2) is 86.6 Å². The Morgan fingerprint density at radius 3 is 1.95 bits per heavy atom. The van der Waals surface area contributed by atoms with Crippen molar-refractivity contribution in [2.24, 2.45) is 0 Å². The molecule has 0 aliphatic heterocycles. The van der Waals surface area contributed by atoms with E-state index in [1.165, 1.54) is 17.0 Å². The van der Waals surface area contributed by atoms with Crippen LogP contribution >= 0.6 is 31.9 Å². The molecular weight excluding hydrogens is 646 g/mol. The summed E-state index contributed by atoms with van der Waals surface area (Å²) in [6, 6.07) is 19.8. The molecule has 0 heterocycles. The molecule has 2 amide bonds. The van der Waals surface area contributed by atoms with E-state index in [0.717, 1.165) is 30.8 Å². The second-order valence-corrected chi connectivity index (χ2v) is 13.1. The van der Waals surface area contributed by atoms with Gasteiger partial charge in [0.2, 0.25) is 11.8 Å². The lowest BCUT2D eigenvalue weighted by atomic mass is 10.1. The van der Waals surface area contributed by atoms with Crippen LogP contribution in [0, 0.1) is 6.92 Å². The highest BCUT2D eigenvalue weighted by molar-refractivity contribution is 9.10. The Morgan fingerprint density at radius 2 is 1.41 bits per heavy atom. The fraction of sp³-hybridized carbons (Fsp3) is 0.310. The Labute approximate surface area is 247 Å². The number of anilines is 1. The number of nitrogens with zero attached hydrogens (tertiary/aromatic N) is 2. The molecule has 0 saturated heterocycles. The van der Waals surface area contributed by atoms with E-state index in [2.05, 4.69) is 37.2 Å². The highest BCUT2D eigenvalue weighted by Gasteiger charge is 2.32. The second-order valence-electron chi connectivity index (χ2n) is 9.44. The van der Waals surface area contributed by atoms with Crippen LogP contribution in [0.5, 0.6) is 0 Å². The molecule has 39 heavy (non-hydrogen) atoms. The minimum Gasteiger partial charge on any atom is -0.352 e. The first-order valence-corrected chi connectivity index (χ1v) is 15.6. The highest BCUT2D eigenvalue weighted by Crippen LogP contribution is 2.26. The lowest BCUT2D eigenvalue weighted by Crippen LogP contribution is -2.52. The van der Waals surface area contributed by atoms with Crippen LogP contribution in [-0.4, -0.2) is 43.8 Å². The third-order valence-electron chi connectivity index (χ3n) is 6.44. The van der Waals surface area contributed by atoms with E-state index in [4.69, 9.17) is 0 Å². The van der Waals surface area contributed by atoms with Gasteiger partial charge in [0, 0.05) is 21.5 Å². The fourth-order valence-electron chi connectivity index (χ4n) is 3.81. The zero-order valence-electron chi connectivity index (χ0n) is 22.4. The average molecular weight is 679 g/mol. The molecule has 0 radical (unpaired) electrons. The van der Waals surface area contributed by atoms with Crippen LogP contribution in [0.3, 0.4) is 0 Å². The van der Waals surface area contributed by atoms with Gasteiger partial charge >= 0.3 is 0 Å². The number of hydrogen-bond acceptors (Lipinski definition) is 4. The maximum Gasteiger partial charge on any atom is 0.264 e. The van der Waals surface area contributed by atoms with Gasteiger partial charge in [0.15, 0.2) is 0 Å². The van der Waals surface area contributed by atoms with Gasteiger partial charge in [-0.15, -0.1) is 0 Å². The molecule has 0 bridgehead atoms. The molecule has 3 aromatic rings. The first-order chi connectivity index (χ1) is 18.4. The summed E-state index contributed by atoms with van der Waals surface area (Å²) in [6.07, 6.45) is 0.741. The Morgan fingerprint density at radius 1 is 0.872 bits per heavy atom. The number of aryl methyl sites for hydroxylation is 1. The predicted octanol–water partition coefficient (Wildman–Crippen LogP) is 6.05. The van der Waals surface area contributed by atoms with E-state index in [0.29, 0.717) is 5.69 Å². The molecule has 3 aromatic carbocycles. The van der Waals surface area contributed by atoms with Gasteiger partial charge in [0.25, 0.3) is 10.0 Å². The summed E-state index contributed by atoms with van der Waals surface area (Å²) >= 11 is 6.80. The van der Waals surface area contributed by atoms with Gasteiger partial charge in [-0.05, 0) is 81.3 Å². The molecular formula is C29H33Br2N3O4S. The Balaban J connectivity index is 2.01. The molecule has 10 heteroatoms. The Kier molecular flexibility index (Phi) is 10.7. The lowest BCUT2D eigenvalue weighted by molar-refractivity contribution is -0.139. The molecule has 1 N–H and O–H groups in total. The number of amides is 2. The van der Waals surface area contributed by atoms with Crippen molar-refractivity contribution in [3.63, 3.8) is 0 Å². The SMILES string of the molecule is CC[C@H](C)NC(=O)[C@H](C)N(Cc1ccc(Br)cc1)C(=O)CN(c1ccc(Br)cc1)S(=O)(=O)c1ccc(C)cc1. The van der Waals surface area contributed by atoms with E-state index >= 15 is 0 Å². The topological polar surface area (TPSA) is 86.8 Å². The molecule has 3 rings (SSSR count). The Bertz CT molecular complexity index is 1380. The zero-order chi connectivity index (χ0) is 28.7. The number of rotatable bonds is 11. The highest BCUT2D eigenvalue weighted by atomic mass is 79.9. The van der Waals surface area contributed by atoms with Crippen LogP contribution in [0.2, 0.25) is 0 Å². The third kappa shape index (κ3) is 8.16. The number of nitrogens with one attached hydrogen (secondary N) is 1. The number of halogens is 2. The van der Waals surface area contributed by atoms with Gasteiger partial charge in [0.05, 0.1) is 10.6 Å². The summed E-state index contributed by atoms with van der Waals surface area (Å²) in [5.74, 6) is -0.797. The van der Waals surface area contributed by atoms with Crippen molar-refractivity contribution in [1.82, 2.24) is 10.2 Å². The quantitative estimate of drug-likeness (QED) is 0.268. The van der Waals surface area contributed by atoms with Gasteiger partial charge in [-0.25, -0.2) is 8.42 Å². The lowest BCUT2D eigenvalue weighted by Gasteiger charge is -2.32. The molecule has 0 saturated carbocycles. The zero-order valence-corrected chi connectivity index (χ0v) is 26.4. The van der Waals surface area contributed by atoms with E-state index in [1.54, 1.807) is 43.3 Å². The van der Waals surface area contributed by atoms with E-state index < -0.39 is 28.5 Å². The third-order valence-corrected chi connectivity index (χ3v) is 9.28. The van der Waals surface area contributed by atoms with Crippen LogP contribution in [0.1, 0.15) is 38.3 Å². The monoisotopic (exact) mass is 677 g/mol. The molecule has 7 nitrogen and oxygen atoms in total. The van der Waals surface area contributed by atoms with Gasteiger partial charge in [-0.3, -0.25) is 13.9 Å². The summed E-state index contributed by atoms with van der Waals surface area (Å²) in [5, 5.41) is 2.93. The van der Waals surface area contributed by atoms with Crippen molar-refractivity contribution in [2.75, 3.05) is 10.8 Å². The molecule has 0 fully saturated rings. The van der Waals surface area contributed by atoms with Crippen LogP contribution in [-0.2, 0) is 26.2 Å². The minimum absolute atomic E-state index is 0.0641. The molecule has 208 valence electrons. The minimum atomic E-state index is -4.10. The maximum atomic E-state index is 13.9. The van der Waals surface area contributed by atoms with Crippen LogP contribution in [0.25, 0.3) is 0 Å². The largest absolute Gasteiger partial charge is 0.352 e. The molecule has 0 spiro atoms. The van der Waals surface area contributed by atoms with Crippen LogP contribution in [0.4, 0.5) is 5.69 Å². The van der Waals surface area contributed by atoms with Crippen molar-refractivity contribution in [1.29, 1.82) is 0 Å². The summed E-state index contributed by atoms with van der Waals surface area (Å²) in [5.41, 5.74) is 2.07. The van der Waals surface area contributed by atoms with E-state index in [1.807, 2.05) is 45.0 Å². The van der Waals surface area contributed by atoms with Crippen molar-refractivity contribution < 1.29 is 18.0 Å². The number of carbonyl (C=O) groups is 2. The fourth-order valence-corrected chi connectivity index (χ4v) is 5.75. The van der Waals surface area contributed by atoms with E-state index in [9.17, 15) is 18.0 Å². The van der Waals surface area contributed by atoms with Gasteiger partial charge in [0.1, 0.15) is 12.6 Å². The molecule has 0 unspecified atom stereocenters. The predicted molar refractivity (Wildman–Crippen MR) is 162 cm³/mol. The maximum absolute atomic E-state index is 13.9. The molecule has 2 atom stereocenters. The van der Waals surface area contributed by atoms with Gasteiger partial charge in [-0.1, -0.05) is 68.6 Å². The standard InChI is InChI=1S/C29H33Br2N3O4S/c1-5-21(3)32-29(36)22(4)33(18-23-8-10-24(30)11-9-23)28(35)19-34(26-14-12-25(31)13-15-26)39(37,38)27-16-6-20(2)7-17-27/h6-17,21-22H,5,18-19H2,1-4H3,(H,32,36)/t21-,22-/m0/s1. The van der Waals surface area contributed by atoms with Crippen molar-refractivity contribution >= 4 is 59.4 Å². The molecule has 0 aliphatic carbocycles. The average Bonchev–Trinajstić information content (AvgIpc) is 2.91. The first kappa shape index (κ1) is 30.8. The second kappa shape index (κ2) is 13.6. The first-order valence-electron chi connectivity index (χ1n) is 12.6. The van der Waals surface area contributed by atoms with Gasteiger partial charge in [-0.2, -0.15) is 0 Å². The molecule has 0 aliphatic rings. The number of hydrogen-bond donors (Lipinski definition) is 1. The van der Waals surface area contributed by atoms with Crippen LogP contribution < -0.4 is 9.62 Å². The Hall–Kier alpha value is -2.69. The number of benzene rings is 3. The van der Waals surface area contributed by atoms with Crippen molar-refractivity contribution in [2.45, 2.75) is 57.6 Å². The summed E-state index contributed by atoms with van der Waals surface area (Å²) in [6.45, 7) is 7.06. The summed E-state index contributed by atoms with van der Waals surface area (Å²) < 4.78 is 30.4. The van der Waals surface area contributed by atoms with Gasteiger partial charge < -0.3 is 10.2 Å². The van der Waals surface area contributed by atoms with Crippen molar-refractivity contribution in [3.05, 3.63) is 92.9 Å². The smallest absolute Gasteiger partial charge is 0.264 e. The molecule has 0 aromatic heterocycles.